The van der Waals surface area contributed by atoms with Gasteiger partial charge in [0, 0.05) is 24.7 Å². The Hall–Kier alpha value is -2.11. The van der Waals surface area contributed by atoms with E-state index in [1.54, 1.807) is 10.4 Å². The summed E-state index contributed by atoms with van der Waals surface area (Å²) in [4.78, 5) is 0.435. The number of fused-ring (bicyclic) bond motifs is 3. The molecule has 0 radical (unpaired) electrons. The van der Waals surface area contributed by atoms with E-state index in [1.807, 2.05) is 18.2 Å². The highest BCUT2D eigenvalue weighted by molar-refractivity contribution is 7.89. The predicted molar refractivity (Wildman–Crippen MR) is 116 cm³/mol. The van der Waals surface area contributed by atoms with Gasteiger partial charge in [-0.25, -0.2) is 8.42 Å². The number of allylic oxidation sites excluding steroid dienone is 2. The summed E-state index contributed by atoms with van der Waals surface area (Å²) in [6, 6.07) is 16.5. The van der Waals surface area contributed by atoms with Crippen LogP contribution in [0.3, 0.4) is 0 Å². The van der Waals surface area contributed by atoms with E-state index < -0.39 is 10.0 Å². The largest absolute Gasteiger partial charge is 0.378 e. The van der Waals surface area contributed by atoms with Gasteiger partial charge in [-0.2, -0.15) is 4.31 Å². The molecule has 0 spiro atoms. The van der Waals surface area contributed by atoms with E-state index >= 15 is 0 Å². The molecule has 4 nitrogen and oxygen atoms in total. The highest BCUT2D eigenvalue weighted by atomic mass is 32.2. The van der Waals surface area contributed by atoms with Crippen LogP contribution in [-0.2, 0) is 10.0 Å². The van der Waals surface area contributed by atoms with Crippen LogP contribution in [0.4, 0.5) is 5.69 Å². The first-order chi connectivity index (χ1) is 14.0. The molecule has 29 heavy (non-hydrogen) atoms. The van der Waals surface area contributed by atoms with Crippen molar-refractivity contribution in [3.63, 3.8) is 0 Å². The quantitative estimate of drug-likeness (QED) is 0.733. The lowest BCUT2D eigenvalue weighted by Gasteiger charge is -2.38. The third kappa shape index (κ3) is 3.30. The van der Waals surface area contributed by atoms with E-state index in [0.29, 0.717) is 29.8 Å². The zero-order chi connectivity index (χ0) is 20.0. The summed E-state index contributed by atoms with van der Waals surface area (Å²) in [7, 11) is -3.43. The van der Waals surface area contributed by atoms with Gasteiger partial charge in [-0.3, -0.25) is 0 Å². The molecule has 5 rings (SSSR count). The van der Waals surface area contributed by atoms with Crippen molar-refractivity contribution in [3.05, 3.63) is 71.8 Å². The van der Waals surface area contributed by atoms with Gasteiger partial charge in [-0.1, -0.05) is 49.4 Å². The van der Waals surface area contributed by atoms with Gasteiger partial charge in [0.2, 0.25) is 10.0 Å². The van der Waals surface area contributed by atoms with Crippen LogP contribution in [0.1, 0.15) is 49.3 Å². The molecule has 3 aliphatic rings. The van der Waals surface area contributed by atoms with Crippen molar-refractivity contribution in [2.75, 3.05) is 18.4 Å². The molecule has 2 aromatic rings. The molecule has 0 amide bonds. The number of nitrogens with zero attached hydrogens (tertiary/aromatic N) is 1. The first-order valence-corrected chi connectivity index (χ1v) is 12.1. The lowest BCUT2D eigenvalue weighted by molar-refractivity contribution is 0.288. The highest BCUT2D eigenvalue weighted by Gasteiger charge is 2.39. The lowest BCUT2D eigenvalue weighted by atomic mass is 9.77. The normalized spacial score (nSPS) is 27.3. The lowest BCUT2D eigenvalue weighted by Crippen LogP contribution is -2.38. The molecule has 1 N–H and O–H groups in total. The molecule has 2 aliphatic heterocycles. The maximum absolute atomic E-state index is 13.2. The first-order valence-electron chi connectivity index (χ1n) is 10.7. The fraction of sp³-hybridized carbons (Fsp3) is 0.417. The van der Waals surface area contributed by atoms with E-state index in [1.165, 1.54) is 5.56 Å². The molecule has 2 aromatic carbocycles. The molecule has 1 fully saturated rings. The minimum atomic E-state index is -3.43. The number of sulfonamides is 1. The van der Waals surface area contributed by atoms with Gasteiger partial charge in [0.1, 0.15) is 0 Å². The van der Waals surface area contributed by atoms with Crippen LogP contribution in [0.15, 0.2) is 65.6 Å². The average molecular weight is 409 g/mol. The van der Waals surface area contributed by atoms with Gasteiger partial charge in [0.05, 0.1) is 10.9 Å². The molecule has 5 heteroatoms. The maximum Gasteiger partial charge on any atom is 0.243 e. The molecule has 3 unspecified atom stereocenters. The molecular formula is C24H28N2O2S. The summed E-state index contributed by atoms with van der Waals surface area (Å²) in [6.45, 7) is 3.45. The Labute approximate surface area is 173 Å². The molecule has 0 bridgehead atoms. The third-order valence-electron chi connectivity index (χ3n) is 6.87. The molecule has 152 valence electrons. The molecule has 3 atom stereocenters. The first kappa shape index (κ1) is 18.9. The standard InChI is InChI=1S/C24H28N2O2S/c1-17-12-14-26(15-13-17)29(27,28)19-10-11-23-22(16-19)20-8-5-9-21(20)24(25-23)18-6-3-2-4-7-18/h2-8,10-11,16-17,20-21,24-25H,9,12-15H2,1H3. The number of anilines is 1. The number of hydrogen-bond donors (Lipinski definition) is 1. The smallest absolute Gasteiger partial charge is 0.243 e. The predicted octanol–water partition coefficient (Wildman–Crippen LogP) is 4.93. The van der Waals surface area contributed by atoms with E-state index in [2.05, 4.69) is 48.7 Å². The number of rotatable bonds is 3. The van der Waals surface area contributed by atoms with Crippen LogP contribution < -0.4 is 5.32 Å². The van der Waals surface area contributed by atoms with Crippen molar-refractivity contribution in [3.8, 4) is 0 Å². The summed E-state index contributed by atoms with van der Waals surface area (Å²) < 4.78 is 28.2. The van der Waals surface area contributed by atoms with Crippen LogP contribution in [0.2, 0.25) is 0 Å². The van der Waals surface area contributed by atoms with Crippen molar-refractivity contribution in [1.29, 1.82) is 0 Å². The second-order valence-corrected chi connectivity index (χ2v) is 10.7. The molecule has 2 heterocycles. The Morgan fingerprint density at radius 1 is 1.03 bits per heavy atom. The van der Waals surface area contributed by atoms with Gasteiger partial charge >= 0.3 is 0 Å². The Bertz CT molecular complexity index is 1020. The summed E-state index contributed by atoms with van der Waals surface area (Å²) in [5, 5.41) is 3.70. The Balaban J connectivity index is 1.49. The van der Waals surface area contributed by atoms with Crippen molar-refractivity contribution in [2.45, 2.75) is 43.0 Å². The zero-order valence-corrected chi connectivity index (χ0v) is 17.6. The number of nitrogens with one attached hydrogen (secondary N) is 1. The highest BCUT2D eigenvalue weighted by Crippen LogP contribution is 2.50. The summed E-state index contributed by atoms with van der Waals surface area (Å²) in [6.07, 6.45) is 7.40. The second kappa shape index (κ2) is 7.29. The van der Waals surface area contributed by atoms with E-state index in [0.717, 1.165) is 30.5 Å². The minimum Gasteiger partial charge on any atom is -0.378 e. The zero-order valence-electron chi connectivity index (χ0n) is 16.8. The summed E-state index contributed by atoms with van der Waals surface area (Å²) in [5.74, 6) is 1.28. The average Bonchev–Trinajstić information content (AvgIpc) is 3.24. The van der Waals surface area contributed by atoms with Crippen LogP contribution in [0, 0.1) is 11.8 Å². The van der Waals surface area contributed by atoms with E-state index in [9.17, 15) is 8.42 Å². The SMILES string of the molecule is CC1CCN(S(=O)(=O)c2ccc3c(c2)C2C=CCC2C(c2ccccc2)N3)CC1. The van der Waals surface area contributed by atoms with Gasteiger partial charge in [-0.05, 0) is 60.4 Å². The topological polar surface area (TPSA) is 49.4 Å². The van der Waals surface area contributed by atoms with Crippen LogP contribution in [0.5, 0.6) is 0 Å². The van der Waals surface area contributed by atoms with Crippen molar-refractivity contribution in [1.82, 2.24) is 4.31 Å². The van der Waals surface area contributed by atoms with Crippen molar-refractivity contribution >= 4 is 15.7 Å². The second-order valence-electron chi connectivity index (χ2n) is 8.72. The van der Waals surface area contributed by atoms with E-state index in [4.69, 9.17) is 0 Å². The van der Waals surface area contributed by atoms with E-state index in [-0.39, 0.29) is 12.0 Å². The fourth-order valence-corrected chi connectivity index (χ4v) is 6.60. The number of benzene rings is 2. The molecule has 0 aromatic heterocycles. The summed E-state index contributed by atoms with van der Waals surface area (Å²) in [5.41, 5.74) is 3.45. The number of hydrogen-bond acceptors (Lipinski definition) is 3. The third-order valence-corrected chi connectivity index (χ3v) is 8.77. The maximum atomic E-state index is 13.2. The van der Waals surface area contributed by atoms with Crippen molar-refractivity contribution < 1.29 is 8.42 Å². The Kier molecular flexibility index (Phi) is 4.75. The minimum absolute atomic E-state index is 0.245. The monoisotopic (exact) mass is 408 g/mol. The van der Waals surface area contributed by atoms with Crippen LogP contribution >= 0.6 is 0 Å². The van der Waals surface area contributed by atoms with Gasteiger partial charge < -0.3 is 5.32 Å². The van der Waals surface area contributed by atoms with Crippen molar-refractivity contribution in [2.24, 2.45) is 11.8 Å². The van der Waals surface area contributed by atoms with Gasteiger partial charge in [-0.15, -0.1) is 0 Å². The molecule has 1 aliphatic carbocycles. The van der Waals surface area contributed by atoms with Crippen LogP contribution in [-0.4, -0.2) is 25.8 Å². The molecule has 0 saturated carbocycles. The van der Waals surface area contributed by atoms with Gasteiger partial charge in [0.25, 0.3) is 0 Å². The summed E-state index contributed by atoms with van der Waals surface area (Å²) >= 11 is 0. The molecule has 1 saturated heterocycles. The molecular weight excluding hydrogens is 380 g/mol. The van der Waals surface area contributed by atoms with Crippen LogP contribution in [0.25, 0.3) is 0 Å². The fourth-order valence-electron chi connectivity index (χ4n) is 5.10. The Morgan fingerprint density at radius 2 is 1.79 bits per heavy atom. The Morgan fingerprint density at radius 3 is 2.55 bits per heavy atom. The van der Waals surface area contributed by atoms with Gasteiger partial charge in [0.15, 0.2) is 0 Å². The number of piperidine rings is 1.